The Morgan fingerprint density at radius 3 is 2.23 bits per heavy atom. The molecule has 0 aliphatic rings. The molecule has 0 aliphatic heterocycles. The van der Waals surface area contributed by atoms with Gasteiger partial charge >= 0.3 is 6.18 Å². The van der Waals surface area contributed by atoms with Crippen LogP contribution in [0.25, 0.3) is 11.3 Å². The highest BCUT2D eigenvalue weighted by Crippen LogP contribution is 2.33. The normalized spacial score (nSPS) is 10.9. The molecule has 0 saturated heterocycles. The van der Waals surface area contributed by atoms with E-state index in [4.69, 9.17) is 17.3 Å². The minimum Gasteiger partial charge on any atom is -0.506 e. The van der Waals surface area contributed by atoms with E-state index in [1.54, 1.807) is 24.5 Å². The second-order valence-electron chi connectivity index (χ2n) is 7.49. The largest absolute Gasteiger partial charge is 0.506 e. The van der Waals surface area contributed by atoms with Crippen molar-refractivity contribution < 1.29 is 18.3 Å². The number of aromatic nitrogens is 2. The molecule has 0 spiro atoms. The van der Waals surface area contributed by atoms with Crippen molar-refractivity contribution >= 4 is 35.7 Å². The summed E-state index contributed by atoms with van der Waals surface area (Å²) in [6.07, 6.45) is -1.10. The Labute approximate surface area is 211 Å². The van der Waals surface area contributed by atoms with Gasteiger partial charge in [-0.1, -0.05) is 48.0 Å². The van der Waals surface area contributed by atoms with E-state index < -0.39 is 11.7 Å². The van der Waals surface area contributed by atoms with Crippen molar-refractivity contribution in [3.8, 4) is 17.0 Å². The second kappa shape index (κ2) is 11.3. The molecule has 0 atom stereocenters. The molecule has 182 valence electrons. The van der Waals surface area contributed by atoms with Crippen LogP contribution in [0.4, 0.5) is 24.7 Å². The number of nitrogens with zero attached hydrogens (tertiary/aromatic N) is 3. The van der Waals surface area contributed by atoms with Crippen LogP contribution in [0.1, 0.15) is 11.1 Å². The minimum atomic E-state index is -4.29. The number of hydrogen-bond donors (Lipinski definition) is 3. The van der Waals surface area contributed by atoms with E-state index in [0.29, 0.717) is 23.1 Å². The predicted octanol–water partition coefficient (Wildman–Crippen LogP) is 6.72. The number of nitrogen functional groups attached to an aromatic ring is 1. The number of phenols is 1. The van der Waals surface area contributed by atoms with Crippen LogP contribution in [0.5, 0.6) is 5.75 Å². The van der Waals surface area contributed by atoms with Crippen molar-refractivity contribution in [2.45, 2.75) is 17.6 Å². The molecule has 5 nitrogen and oxygen atoms in total. The zero-order chi connectivity index (χ0) is 25.6. The maximum Gasteiger partial charge on any atom is 0.417 e. The highest BCUT2D eigenvalue weighted by atomic mass is 35.5. The predicted molar refractivity (Wildman–Crippen MR) is 136 cm³/mol. The zero-order valence-electron chi connectivity index (χ0n) is 18.5. The summed E-state index contributed by atoms with van der Waals surface area (Å²) in [6, 6.07) is 18.2. The summed E-state index contributed by atoms with van der Waals surface area (Å²) in [6.45, 7) is 0.644. The van der Waals surface area contributed by atoms with Gasteiger partial charge in [0.25, 0.3) is 0 Å². The van der Waals surface area contributed by atoms with Crippen molar-refractivity contribution in [1.82, 2.24) is 9.97 Å². The summed E-state index contributed by atoms with van der Waals surface area (Å²) in [5.41, 5.74) is 8.58. The molecule has 3 aromatic carbocycles. The van der Waals surface area contributed by atoms with Gasteiger partial charge in [-0.25, -0.2) is 4.98 Å². The highest BCUT2D eigenvalue weighted by molar-refractivity contribution is 7.80. The second-order valence-corrected chi connectivity index (χ2v) is 8.41. The van der Waals surface area contributed by atoms with E-state index in [2.05, 4.69) is 22.6 Å². The maximum atomic E-state index is 12.0. The number of hydrogen-bond acceptors (Lipinski definition) is 6. The molecule has 4 rings (SSSR count). The van der Waals surface area contributed by atoms with Crippen LogP contribution in [0.2, 0.25) is 5.02 Å². The fourth-order valence-electron chi connectivity index (χ4n) is 3.23. The molecule has 0 radical (unpaired) electrons. The van der Waals surface area contributed by atoms with Gasteiger partial charge in [-0.15, -0.1) is 12.6 Å². The van der Waals surface area contributed by atoms with E-state index in [0.717, 1.165) is 22.9 Å². The molecule has 0 bridgehead atoms. The number of nitrogens with two attached hydrogens (primary N) is 1. The van der Waals surface area contributed by atoms with Gasteiger partial charge in [0.05, 0.1) is 11.3 Å². The Hall–Kier alpha value is -3.43. The van der Waals surface area contributed by atoms with Crippen LogP contribution in [-0.2, 0) is 12.7 Å². The number of rotatable bonds is 4. The van der Waals surface area contributed by atoms with Crippen LogP contribution in [-0.4, -0.2) is 22.1 Å². The average Bonchev–Trinajstić information content (AvgIpc) is 2.80. The number of phenolic OH excluding ortho intramolecular Hbond substituents is 1. The SMILES string of the molecule is CN(Cc1ccc(-c2nccnc2N)cc1)c1ccc(Cl)cc1O.FC(F)(F)c1ccccc1S. The Morgan fingerprint density at radius 1 is 1.00 bits per heavy atom. The first-order valence-corrected chi connectivity index (χ1v) is 11.1. The average molecular weight is 519 g/mol. The quantitative estimate of drug-likeness (QED) is 0.262. The lowest BCUT2D eigenvalue weighted by Crippen LogP contribution is -2.16. The molecular weight excluding hydrogens is 497 g/mol. The van der Waals surface area contributed by atoms with Crippen LogP contribution < -0.4 is 10.6 Å². The topological polar surface area (TPSA) is 75.3 Å². The molecular formula is C25H22ClF3N4OS. The number of thiol groups is 1. The lowest BCUT2D eigenvalue weighted by atomic mass is 10.1. The van der Waals surface area contributed by atoms with E-state index in [1.165, 1.54) is 24.3 Å². The van der Waals surface area contributed by atoms with Crippen molar-refractivity contribution in [2.75, 3.05) is 17.7 Å². The molecule has 1 aromatic heterocycles. The van der Waals surface area contributed by atoms with E-state index >= 15 is 0 Å². The number of aromatic hydroxyl groups is 1. The van der Waals surface area contributed by atoms with Crippen molar-refractivity contribution in [3.05, 3.63) is 95.3 Å². The first kappa shape index (κ1) is 26.2. The molecule has 0 saturated carbocycles. The molecule has 0 amide bonds. The smallest absolute Gasteiger partial charge is 0.417 e. The summed E-state index contributed by atoms with van der Waals surface area (Å²) >= 11 is 9.54. The van der Waals surface area contributed by atoms with Gasteiger partial charge in [0.15, 0.2) is 0 Å². The monoisotopic (exact) mass is 518 g/mol. The Bertz CT molecular complexity index is 1290. The van der Waals surface area contributed by atoms with Crippen LogP contribution in [0.15, 0.2) is 84.0 Å². The van der Waals surface area contributed by atoms with Gasteiger partial charge in [-0.05, 0) is 29.8 Å². The van der Waals surface area contributed by atoms with E-state index in [-0.39, 0.29) is 10.6 Å². The van der Waals surface area contributed by atoms with E-state index in [9.17, 15) is 18.3 Å². The first-order chi connectivity index (χ1) is 16.6. The summed E-state index contributed by atoms with van der Waals surface area (Å²) in [4.78, 5) is 10.2. The van der Waals surface area contributed by atoms with Gasteiger partial charge in [-0.2, -0.15) is 13.2 Å². The summed E-state index contributed by atoms with van der Waals surface area (Å²) in [5, 5.41) is 10.5. The van der Waals surface area contributed by atoms with Crippen molar-refractivity contribution in [3.63, 3.8) is 0 Å². The Kier molecular flexibility index (Phi) is 8.48. The van der Waals surface area contributed by atoms with Gasteiger partial charge in [-0.3, -0.25) is 4.98 Å². The van der Waals surface area contributed by atoms with Crippen LogP contribution in [0.3, 0.4) is 0 Å². The summed E-state index contributed by atoms with van der Waals surface area (Å²) < 4.78 is 36.0. The number of anilines is 2. The first-order valence-electron chi connectivity index (χ1n) is 10.3. The summed E-state index contributed by atoms with van der Waals surface area (Å²) in [5.74, 6) is 0.572. The van der Waals surface area contributed by atoms with Gasteiger partial charge < -0.3 is 15.7 Å². The Balaban J connectivity index is 0.000000261. The fraction of sp³-hybridized carbons (Fsp3) is 0.120. The Morgan fingerprint density at radius 2 is 1.66 bits per heavy atom. The molecule has 0 aliphatic carbocycles. The number of halogens is 4. The van der Waals surface area contributed by atoms with Gasteiger partial charge in [0.1, 0.15) is 17.3 Å². The lowest BCUT2D eigenvalue weighted by Gasteiger charge is -2.20. The van der Waals surface area contributed by atoms with Gasteiger partial charge in [0.2, 0.25) is 0 Å². The third kappa shape index (κ3) is 7.03. The van der Waals surface area contributed by atoms with Crippen molar-refractivity contribution in [2.24, 2.45) is 0 Å². The molecule has 1 heterocycles. The van der Waals surface area contributed by atoms with Crippen molar-refractivity contribution in [1.29, 1.82) is 0 Å². The van der Waals surface area contributed by atoms with Crippen LogP contribution in [0, 0.1) is 0 Å². The highest BCUT2D eigenvalue weighted by Gasteiger charge is 2.32. The number of benzene rings is 3. The lowest BCUT2D eigenvalue weighted by molar-refractivity contribution is -0.139. The van der Waals surface area contributed by atoms with Gasteiger partial charge in [0, 0.05) is 47.5 Å². The molecule has 10 heteroatoms. The minimum absolute atomic E-state index is 0.0417. The molecule has 4 aromatic rings. The maximum absolute atomic E-state index is 12.0. The summed E-state index contributed by atoms with van der Waals surface area (Å²) in [7, 11) is 1.91. The fourth-order valence-corrected chi connectivity index (χ4v) is 3.68. The van der Waals surface area contributed by atoms with E-state index in [1.807, 2.05) is 36.2 Å². The molecule has 35 heavy (non-hydrogen) atoms. The molecule has 3 N–H and O–H groups in total. The molecule has 0 fully saturated rings. The standard InChI is InChI=1S/C18H17ClN4O.C7H5F3S/c1-23(15-7-6-14(19)10-16(15)24)11-12-2-4-13(5-3-12)17-18(20)22-9-8-21-17;8-7(9,10)5-3-1-2-4-6(5)11/h2-10,24H,11H2,1H3,(H2,20,22);1-4,11H. The zero-order valence-corrected chi connectivity index (χ0v) is 20.2. The molecule has 0 unspecified atom stereocenters. The third-order valence-electron chi connectivity index (χ3n) is 4.93. The number of alkyl halides is 3. The van der Waals surface area contributed by atoms with Crippen LogP contribution >= 0.6 is 24.2 Å². The third-order valence-corrected chi connectivity index (χ3v) is 5.56.